The maximum atomic E-state index is 12.5. The Balaban J connectivity index is 1.91. The second-order valence-electron chi connectivity index (χ2n) is 8.16. The number of hydrogen-bond donors (Lipinski definition) is 0. The third-order valence-corrected chi connectivity index (χ3v) is 4.70. The van der Waals surface area contributed by atoms with Gasteiger partial charge in [-0.05, 0) is 51.5 Å². The molecule has 1 aromatic rings. The Morgan fingerprint density at radius 2 is 1.96 bits per heavy atom. The number of piperidine rings is 1. The summed E-state index contributed by atoms with van der Waals surface area (Å²) >= 11 is 0. The van der Waals surface area contributed by atoms with E-state index in [0.717, 1.165) is 32.4 Å². The smallest absolute Gasteiger partial charge is 0.320 e. The summed E-state index contributed by atoms with van der Waals surface area (Å²) in [5.74, 6) is 0.653. The molecule has 0 aliphatic carbocycles. The van der Waals surface area contributed by atoms with Crippen molar-refractivity contribution < 1.29 is 4.79 Å². The van der Waals surface area contributed by atoms with Gasteiger partial charge in [0.15, 0.2) is 0 Å². The molecule has 0 spiro atoms. The van der Waals surface area contributed by atoms with Crippen LogP contribution < -0.4 is 0 Å². The number of rotatable bonds is 3. The zero-order valence-corrected chi connectivity index (χ0v) is 15.5. The minimum atomic E-state index is -0.137. The van der Waals surface area contributed by atoms with Crippen LogP contribution in [-0.4, -0.2) is 51.3 Å². The molecule has 1 aliphatic rings. The van der Waals surface area contributed by atoms with Crippen molar-refractivity contribution in [3.8, 4) is 0 Å². The molecule has 1 saturated heterocycles. The Labute approximate surface area is 140 Å². The average Bonchev–Trinajstić information content (AvgIpc) is 2.92. The van der Waals surface area contributed by atoms with Crippen LogP contribution in [0.3, 0.4) is 0 Å². The highest BCUT2D eigenvalue weighted by molar-refractivity contribution is 5.75. The number of hydrogen-bond acceptors (Lipinski definition) is 2. The molecule has 23 heavy (non-hydrogen) atoms. The fourth-order valence-electron chi connectivity index (χ4n) is 2.97. The molecule has 2 rings (SSSR count). The molecule has 2 amide bonds. The third kappa shape index (κ3) is 4.49. The molecule has 0 N–H and O–H groups in total. The number of nitrogens with zero attached hydrogens (tertiary/aromatic N) is 4. The lowest BCUT2D eigenvalue weighted by molar-refractivity contribution is 0.110. The first-order valence-corrected chi connectivity index (χ1v) is 8.74. The summed E-state index contributed by atoms with van der Waals surface area (Å²) in [4.78, 5) is 16.4. The Morgan fingerprint density at radius 3 is 2.48 bits per heavy atom. The Morgan fingerprint density at radius 1 is 1.35 bits per heavy atom. The lowest BCUT2D eigenvalue weighted by Gasteiger charge is -2.39. The van der Waals surface area contributed by atoms with Gasteiger partial charge >= 0.3 is 6.03 Å². The summed E-state index contributed by atoms with van der Waals surface area (Å²) in [5, 5.41) is 4.54. The summed E-state index contributed by atoms with van der Waals surface area (Å²) < 4.78 is 2.10. The second kappa shape index (κ2) is 6.93. The maximum absolute atomic E-state index is 12.5. The summed E-state index contributed by atoms with van der Waals surface area (Å²) in [6, 6.07) is 0.553. The molecule has 0 unspecified atom stereocenters. The SMILES string of the molecule is CC(C)Cc1cnn(C2CCN(C(=O)N(C)C(C)(C)C)CC2)c1. The van der Waals surface area contributed by atoms with E-state index in [4.69, 9.17) is 0 Å². The van der Waals surface area contributed by atoms with Gasteiger partial charge in [-0.1, -0.05) is 13.8 Å². The molecule has 0 bridgehead atoms. The summed E-state index contributed by atoms with van der Waals surface area (Å²) in [6.07, 6.45) is 7.21. The highest BCUT2D eigenvalue weighted by Gasteiger charge is 2.30. The molecular weight excluding hydrogens is 288 g/mol. The number of carbonyl (C=O) groups is 1. The second-order valence-corrected chi connectivity index (χ2v) is 8.16. The van der Waals surface area contributed by atoms with Crippen LogP contribution in [0.4, 0.5) is 4.79 Å². The number of amides is 2. The number of urea groups is 1. The maximum Gasteiger partial charge on any atom is 0.320 e. The quantitative estimate of drug-likeness (QED) is 0.854. The molecule has 5 nitrogen and oxygen atoms in total. The molecule has 5 heteroatoms. The molecule has 0 saturated carbocycles. The lowest BCUT2D eigenvalue weighted by Crippen LogP contribution is -2.51. The Kier molecular flexibility index (Phi) is 5.37. The predicted octanol–water partition coefficient (Wildman–Crippen LogP) is 3.57. The van der Waals surface area contributed by atoms with E-state index in [2.05, 4.69) is 50.6 Å². The average molecular weight is 320 g/mol. The minimum Gasteiger partial charge on any atom is -0.324 e. The molecular formula is C18H32N4O. The van der Waals surface area contributed by atoms with Gasteiger partial charge in [-0.3, -0.25) is 4.68 Å². The first-order chi connectivity index (χ1) is 10.7. The summed E-state index contributed by atoms with van der Waals surface area (Å²) in [6.45, 7) is 12.3. The van der Waals surface area contributed by atoms with Crippen molar-refractivity contribution in [1.29, 1.82) is 0 Å². The van der Waals surface area contributed by atoms with Crippen LogP contribution in [0.1, 0.15) is 59.1 Å². The fraction of sp³-hybridized carbons (Fsp3) is 0.778. The molecule has 1 aliphatic heterocycles. The van der Waals surface area contributed by atoms with Gasteiger partial charge < -0.3 is 9.80 Å². The van der Waals surface area contributed by atoms with Gasteiger partial charge in [0.05, 0.1) is 12.2 Å². The van der Waals surface area contributed by atoms with Gasteiger partial charge in [-0.2, -0.15) is 5.10 Å². The molecule has 0 atom stereocenters. The van der Waals surface area contributed by atoms with E-state index in [-0.39, 0.29) is 11.6 Å². The van der Waals surface area contributed by atoms with Crippen LogP contribution >= 0.6 is 0 Å². The monoisotopic (exact) mass is 320 g/mol. The van der Waals surface area contributed by atoms with Gasteiger partial charge in [-0.25, -0.2) is 4.79 Å². The van der Waals surface area contributed by atoms with Crippen molar-refractivity contribution in [3.63, 3.8) is 0 Å². The van der Waals surface area contributed by atoms with Crippen molar-refractivity contribution in [3.05, 3.63) is 18.0 Å². The van der Waals surface area contributed by atoms with Gasteiger partial charge in [0.1, 0.15) is 0 Å². The van der Waals surface area contributed by atoms with Gasteiger partial charge in [0, 0.05) is 31.9 Å². The van der Waals surface area contributed by atoms with Crippen molar-refractivity contribution in [2.24, 2.45) is 5.92 Å². The normalized spacial score (nSPS) is 16.9. The van der Waals surface area contributed by atoms with Crippen LogP contribution in [0, 0.1) is 5.92 Å². The van der Waals surface area contributed by atoms with Crippen molar-refractivity contribution in [2.75, 3.05) is 20.1 Å². The van der Waals surface area contributed by atoms with Crippen LogP contribution in [0.15, 0.2) is 12.4 Å². The fourth-order valence-corrected chi connectivity index (χ4v) is 2.97. The Hall–Kier alpha value is -1.52. The minimum absolute atomic E-state index is 0.136. The Bertz CT molecular complexity index is 521. The van der Waals surface area contributed by atoms with Crippen LogP contribution in [-0.2, 0) is 6.42 Å². The van der Waals surface area contributed by atoms with E-state index in [0.29, 0.717) is 12.0 Å². The van der Waals surface area contributed by atoms with E-state index < -0.39 is 0 Å². The standard InChI is InChI=1S/C18H32N4O/c1-14(2)11-15-12-19-22(13-15)16-7-9-21(10-8-16)17(23)20(6)18(3,4)5/h12-14,16H,7-11H2,1-6H3. The van der Waals surface area contributed by atoms with Crippen LogP contribution in [0.25, 0.3) is 0 Å². The molecule has 2 heterocycles. The van der Waals surface area contributed by atoms with E-state index in [1.807, 2.05) is 23.0 Å². The number of aromatic nitrogens is 2. The van der Waals surface area contributed by atoms with E-state index in [9.17, 15) is 4.79 Å². The van der Waals surface area contributed by atoms with Gasteiger partial charge in [-0.15, -0.1) is 0 Å². The van der Waals surface area contributed by atoms with Crippen LogP contribution in [0.2, 0.25) is 0 Å². The van der Waals surface area contributed by atoms with Crippen molar-refractivity contribution >= 4 is 6.03 Å². The molecule has 1 fully saturated rings. The van der Waals surface area contributed by atoms with Crippen molar-refractivity contribution in [1.82, 2.24) is 19.6 Å². The highest BCUT2D eigenvalue weighted by Crippen LogP contribution is 2.24. The largest absolute Gasteiger partial charge is 0.324 e. The summed E-state index contributed by atoms with van der Waals surface area (Å²) in [5.41, 5.74) is 1.17. The molecule has 1 aromatic heterocycles. The van der Waals surface area contributed by atoms with Gasteiger partial charge in [0.25, 0.3) is 0 Å². The van der Waals surface area contributed by atoms with Crippen molar-refractivity contribution in [2.45, 2.75) is 65.5 Å². The molecule has 0 aromatic carbocycles. The topological polar surface area (TPSA) is 41.4 Å². The summed E-state index contributed by atoms with van der Waals surface area (Å²) in [7, 11) is 1.89. The number of carbonyl (C=O) groups excluding carboxylic acids is 1. The van der Waals surface area contributed by atoms with Gasteiger partial charge in [0.2, 0.25) is 0 Å². The lowest BCUT2D eigenvalue weighted by atomic mass is 10.0. The first kappa shape index (κ1) is 17.8. The zero-order valence-electron chi connectivity index (χ0n) is 15.5. The van der Waals surface area contributed by atoms with E-state index in [1.165, 1.54) is 5.56 Å². The highest BCUT2D eigenvalue weighted by atomic mass is 16.2. The zero-order chi connectivity index (χ0) is 17.2. The van der Waals surface area contributed by atoms with Crippen LogP contribution in [0.5, 0.6) is 0 Å². The predicted molar refractivity (Wildman–Crippen MR) is 93.5 cm³/mol. The third-order valence-electron chi connectivity index (χ3n) is 4.70. The first-order valence-electron chi connectivity index (χ1n) is 8.74. The number of likely N-dealkylation sites (tertiary alicyclic amines) is 1. The van der Waals surface area contributed by atoms with E-state index >= 15 is 0 Å². The molecule has 0 radical (unpaired) electrons. The molecule has 130 valence electrons. The van der Waals surface area contributed by atoms with E-state index in [1.54, 1.807) is 0 Å².